The minimum Gasteiger partial charge on any atom is -0.274 e. The first kappa shape index (κ1) is 12.4. The second kappa shape index (κ2) is 4.49. The quantitative estimate of drug-likeness (QED) is 0.438. The molecule has 0 rings (SSSR count). The van der Waals surface area contributed by atoms with Crippen LogP contribution >= 0.6 is 12.4 Å². The first-order valence-electron chi connectivity index (χ1n) is 2.77. The fourth-order valence-electron chi connectivity index (χ4n) is 0.246. The van der Waals surface area contributed by atoms with E-state index in [1.54, 1.807) is 0 Å². The van der Waals surface area contributed by atoms with Crippen LogP contribution in [-0.2, 0) is 4.79 Å². The topological polar surface area (TPSA) is 41.1 Å². The molecule has 0 aliphatic heterocycles. The molecule has 0 aliphatic carbocycles. The fourth-order valence-corrected chi connectivity index (χ4v) is 0.246. The van der Waals surface area contributed by atoms with E-state index in [0.717, 1.165) is 0 Å². The van der Waals surface area contributed by atoms with Gasteiger partial charge in [0, 0.05) is 6.92 Å². The summed E-state index contributed by atoms with van der Waals surface area (Å²) >= 11 is 0. The lowest BCUT2D eigenvalue weighted by Crippen LogP contribution is -2.56. The molecule has 1 amide bonds. The van der Waals surface area contributed by atoms with E-state index in [1.807, 2.05) is 21.1 Å². The summed E-state index contributed by atoms with van der Waals surface area (Å²) in [5.41, 5.74) is 5.23. The Morgan fingerprint density at radius 3 is 1.80 bits per heavy atom. The number of rotatable bonds is 2. The van der Waals surface area contributed by atoms with Crippen LogP contribution < -0.4 is 11.0 Å². The molecule has 0 atom stereocenters. The number of hydrogen-bond donors (Lipinski definition) is 2. The number of hydrazine groups is 1. The van der Waals surface area contributed by atoms with Gasteiger partial charge in [-0.3, -0.25) is 4.79 Å². The molecule has 0 aromatic carbocycles. The van der Waals surface area contributed by atoms with Gasteiger partial charge in [0.25, 0.3) is 0 Å². The molecule has 0 aliphatic rings. The number of nitrogens with one attached hydrogen (secondary N) is 2. The van der Waals surface area contributed by atoms with E-state index in [2.05, 4.69) is 11.0 Å². The minimum atomic E-state index is -0.0805. The fraction of sp³-hybridized carbons (Fsp3) is 0.800. The predicted octanol–water partition coefficient (Wildman–Crippen LogP) is -0.330. The van der Waals surface area contributed by atoms with Crippen molar-refractivity contribution in [1.82, 2.24) is 11.0 Å². The normalized spacial score (nSPS) is 10.0. The molecule has 0 saturated carbocycles. The Morgan fingerprint density at radius 1 is 1.30 bits per heavy atom. The standard InChI is InChI=1S/C5H13N3O.ClH/c1-5(9)6-7-8(2,3)4;/h7H,1-4H3;1H/p+1. The molecule has 4 nitrogen and oxygen atoms in total. The van der Waals surface area contributed by atoms with Crippen LogP contribution in [0.1, 0.15) is 6.92 Å². The number of carbonyl (C=O) groups excluding carboxylic acids is 1. The molecule has 62 valence electrons. The third-order valence-corrected chi connectivity index (χ3v) is 0.567. The maximum Gasteiger partial charge on any atom is 0.234 e. The average Bonchev–Trinajstić information content (AvgIpc) is 1.59. The number of nitrogens with zero attached hydrogens (tertiary/aromatic N) is 1. The Hall–Kier alpha value is -0.320. The van der Waals surface area contributed by atoms with E-state index < -0.39 is 0 Å². The van der Waals surface area contributed by atoms with Crippen LogP contribution in [-0.4, -0.2) is 31.6 Å². The molecule has 0 aromatic rings. The smallest absolute Gasteiger partial charge is 0.234 e. The molecule has 0 heterocycles. The highest BCUT2D eigenvalue weighted by Crippen LogP contribution is 1.75. The predicted molar refractivity (Wildman–Crippen MR) is 42.2 cm³/mol. The molecule has 10 heavy (non-hydrogen) atoms. The number of hydrogen-bond acceptors (Lipinski definition) is 2. The van der Waals surface area contributed by atoms with Gasteiger partial charge in [0.05, 0.1) is 21.1 Å². The summed E-state index contributed by atoms with van der Waals surface area (Å²) in [5, 5.41) is 0. The largest absolute Gasteiger partial charge is 0.274 e. The van der Waals surface area contributed by atoms with E-state index >= 15 is 0 Å². The monoisotopic (exact) mass is 168 g/mol. The maximum absolute atomic E-state index is 10.3. The van der Waals surface area contributed by atoms with Gasteiger partial charge < -0.3 is 0 Å². The van der Waals surface area contributed by atoms with Crippen molar-refractivity contribution in [2.45, 2.75) is 6.92 Å². The van der Waals surface area contributed by atoms with Crippen molar-refractivity contribution >= 4 is 18.3 Å². The van der Waals surface area contributed by atoms with Crippen molar-refractivity contribution in [3.05, 3.63) is 0 Å². The van der Waals surface area contributed by atoms with Crippen LogP contribution in [0.2, 0.25) is 0 Å². The third kappa shape index (κ3) is 10.6. The molecule has 0 saturated heterocycles. The van der Waals surface area contributed by atoms with Crippen LogP contribution in [0.15, 0.2) is 0 Å². The van der Waals surface area contributed by atoms with E-state index in [4.69, 9.17) is 0 Å². The number of carbonyl (C=O) groups is 1. The highest BCUT2D eigenvalue weighted by Gasteiger charge is 2.04. The second-order valence-electron chi connectivity index (χ2n) is 2.81. The first-order chi connectivity index (χ1) is 3.92. The number of quaternary nitrogens is 1. The summed E-state index contributed by atoms with van der Waals surface area (Å²) < 4.78 is 0.513. The highest BCUT2D eigenvalue weighted by atomic mass is 35.5. The van der Waals surface area contributed by atoms with E-state index in [0.29, 0.717) is 4.59 Å². The van der Waals surface area contributed by atoms with Crippen molar-refractivity contribution in [2.24, 2.45) is 0 Å². The SMILES string of the molecule is CC(=O)NN[N+](C)(C)C.Cl. The lowest BCUT2D eigenvalue weighted by molar-refractivity contribution is -0.919. The summed E-state index contributed by atoms with van der Waals surface area (Å²) in [7, 11) is 5.74. The second-order valence-corrected chi connectivity index (χ2v) is 2.81. The molecule has 0 aromatic heterocycles. The van der Waals surface area contributed by atoms with Gasteiger partial charge in [-0.1, -0.05) is 5.53 Å². The van der Waals surface area contributed by atoms with Gasteiger partial charge in [-0.05, 0) is 0 Å². The average molecular weight is 169 g/mol. The number of halogens is 1. The molecule has 0 spiro atoms. The Kier molecular flexibility index (Phi) is 5.55. The Bertz CT molecular complexity index is 110. The van der Waals surface area contributed by atoms with Crippen LogP contribution in [0.25, 0.3) is 0 Å². The van der Waals surface area contributed by atoms with Crippen molar-refractivity contribution in [3.8, 4) is 0 Å². The van der Waals surface area contributed by atoms with Gasteiger partial charge in [-0.25, -0.2) is 10.0 Å². The first-order valence-corrected chi connectivity index (χ1v) is 2.77. The molecule has 5 heteroatoms. The van der Waals surface area contributed by atoms with Crippen LogP contribution in [0, 0.1) is 0 Å². The molecule has 0 unspecified atom stereocenters. The maximum atomic E-state index is 10.3. The van der Waals surface area contributed by atoms with Gasteiger partial charge >= 0.3 is 0 Å². The lowest BCUT2D eigenvalue weighted by atomic mass is 10.8. The zero-order valence-corrected chi connectivity index (χ0v) is 7.58. The third-order valence-electron chi connectivity index (χ3n) is 0.567. The summed E-state index contributed by atoms with van der Waals surface area (Å²) in [6, 6.07) is 0. The zero-order valence-electron chi connectivity index (χ0n) is 6.76. The van der Waals surface area contributed by atoms with E-state index in [9.17, 15) is 4.79 Å². The molecular formula is C5H15ClN3O+. The van der Waals surface area contributed by atoms with Crippen LogP contribution in [0.5, 0.6) is 0 Å². The van der Waals surface area contributed by atoms with Crippen molar-refractivity contribution in [1.29, 1.82) is 0 Å². The zero-order chi connectivity index (χ0) is 7.49. The Balaban J connectivity index is 0. The number of amides is 1. The lowest BCUT2D eigenvalue weighted by Gasteiger charge is -2.22. The van der Waals surface area contributed by atoms with Gasteiger partial charge in [0.1, 0.15) is 0 Å². The Labute approximate surface area is 67.5 Å². The van der Waals surface area contributed by atoms with Crippen molar-refractivity contribution < 1.29 is 9.39 Å². The molecule has 0 fully saturated rings. The van der Waals surface area contributed by atoms with Gasteiger partial charge in [-0.15, -0.1) is 12.4 Å². The molecular weight excluding hydrogens is 154 g/mol. The molecule has 2 N–H and O–H groups in total. The Morgan fingerprint density at radius 2 is 1.70 bits per heavy atom. The van der Waals surface area contributed by atoms with Crippen molar-refractivity contribution in [2.75, 3.05) is 21.1 Å². The van der Waals surface area contributed by atoms with Gasteiger partial charge in [0.2, 0.25) is 5.91 Å². The summed E-state index contributed by atoms with van der Waals surface area (Å²) in [6.07, 6.45) is 0. The van der Waals surface area contributed by atoms with Gasteiger partial charge in [0.15, 0.2) is 0 Å². The minimum absolute atomic E-state index is 0. The summed E-state index contributed by atoms with van der Waals surface area (Å²) in [6.45, 7) is 1.46. The highest BCUT2D eigenvalue weighted by molar-refractivity contribution is 5.85. The molecule has 0 radical (unpaired) electrons. The van der Waals surface area contributed by atoms with E-state index in [-0.39, 0.29) is 18.3 Å². The van der Waals surface area contributed by atoms with E-state index in [1.165, 1.54) is 6.92 Å². The summed E-state index contributed by atoms with van der Waals surface area (Å²) in [4.78, 5) is 10.3. The van der Waals surface area contributed by atoms with Crippen LogP contribution in [0.3, 0.4) is 0 Å². The van der Waals surface area contributed by atoms with Crippen LogP contribution in [0.4, 0.5) is 0 Å². The van der Waals surface area contributed by atoms with Gasteiger partial charge in [-0.2, -0.15) is 0 Å². The molecule has 0 bridgehead atoms. The van der Waals surface area contributed by atoms with Crippen molar-refractivity contribution in [3.63, 3.8) is 0 Å². The summed E-state index contributed by atoms with van der Waals surface area (Å²) in [5.74, 6) is -0.0805.